The zero-order valence-electron chi connectivity index (χ0n) is 46.8. The highest BCUT2D eigenvalue weighted by Crippen LogP contribution is 2.49. The van der Waals surface area contributed by atoms with Crippen LogP contribution in [0.15, 0.2) is 147 Å². The van der Waals surface area contributed by atoms with Gasteiger partial charge in [0.1, 0.15) is 0 Å². The summed E-state index contributed by atoms with van der Waals surface area (Å²) in [6.07, 6.45) is 11.0. The molecule has 8 aliphatic heterocycles. The molecule has 28 nitrogen and oxygen atoms in total. The van der Waals surface area contributed by atoms with Crippen LogP contribution in [0.3, 0.4) is 0 Å². The summed E-state index contributed by atoms with van der Waals surface area (Å²) in [4.78, 5) is 16.7. The number of fused-ring (bicyclic) bond motifs is 12. The summed E-state index contributed by atoms with van der Waals surface area (Å²) < 4.78 is 105. The van der Waals surface area contributed by atoms with Crippen molar-refractivity contribution < 1.29 is 54.1 Å². The molecule has 0 spiro atoms. The van der Waals surface area contributed by atoms with Crippen LogP contribution in [0.5, 0.6) is 0 Å². The largest absolute Gasteiger partial charge is 0.391 e. The van der Waals surface area contributed by atoms with Crippen molar-refractivity contribution in [2.75, 3.05) is 52.4 Å². The molecular weight excluding hydrogens is 1220 g/mol. The second-order valence-corrected chi connectivity index (χ2v) is 29.4. The Morgan fingerprint density at radius 2 is 0.511 bits per heavy atom. The lowest BCUT2D eigenvalue weighted by atomic mass is 9.90. The Bertz CT molecular complexity index is 3890. The number of hydrogen-bond acceptors (Lipinski definition) is 16. The van der Waals surface area contributed by atoms with Crippen LogP contribution in [-0.2, 0) is 40.8 Å². The topological polar surface area (TPSA) is 406 Å². The molecule has 0 bridgehead atoms. The number of nitrogens with two attached hydrogens (primary N) is 4. The molecule has 0 radical (unpaired) electrons. The Hall–Kier alpha value is -6.96. The van der Waals surface area contributed by atoms with E-state index in [4.69, 9.17) is 20.6 Å². The van der Waals surface area contributed by atoms with E-state index >= 15 is 0 Å². The van der Waals surface area contributed by atoms with E-state index in [1.807, 2.05) is 115 Å². The van der Waals surface area contributed by atoms with Gasteiger partial charge >= 0.3 is 0 Å². The van der Waals surface area contributed by atoms with Crippen LogP contribution in [0.25, 0.3) is 45.0 Å². The number of aliphatic hydroxyl groups is 4. The van der Waals surface area contributed by atoms with Crippen molar-refractivity contribution in [3.63, 3.8) is 0 Å². The fourth-order valence-corrected chi connectivity index (χ4v) is 17.4. The Kier molecular flexibility index (Phi) is 15.3. The number of rotatable bonds is 8. The first-order valence-electron chi connectivity index (χ1n) is 28.1. The standard InChI is InChI=1S/4C14H16N4O3S/c4*15-22(20,21)17-6-11(13(19)7-17)14-10-4-2-1-3-9(10)12-5-16-8-18(12)14/h4*1-5,8,11,13-14,19H,6-7H2,(H2,15,20,21)/t2*11-,13-,14+;2*11-,13-,14-/m1010/s1. The molecule has 12 heterocycles. The Morgan fingerprint density at radius 1 is 0.318 bits per heavy atom. The summed E-state index contributed by atoms with van der Waals surface area (Å²) in [6.45, 7) is 0.956. The minimum Gasteiger partial charge on any atom is -0.391 e. The summed E-state index contributed by atoms with van der Waals surface area (Å²) in [5, 5.41) is 62.3. The van der Waals surface area contributed by atoms with Gasteiger partial charge in [-0.15, -0.1) is 0 Å². The van der Waals surface area contributed by atoms with Gasteiger partial charge in [-0.05, 0) is 22.3 Å². The van der Waals surface area contributed by atoms with Gasteiger partial charge in [0.05, 0.1) is 121 Å². The molecule has 4 aromatic heterocycles. The van der Waals surface area contributed by atoms with Crippen molar-refractivity contribution in [1.29, 1.82) is 0 Å². The molecule has 464 valence electrons. The number of nitrogens with zero attached hydrogens (tertiary/aromatic N) is 12. The fraction of sp³-hybridized carbons (Fsp3) is 0.357. The first-order chi connectivity index (χ1) is 41.9. The molecule has 32 heteroatoms. The molecule has 0 aliphatic carbocycles. The molecule has 12 atom stereocenters. The minimum atomic E-state index is -3.79. The molecule has 12 N–H and O–H groups in total. The molecule has 8 aromatic rings. The summed E-state index contributed by atoms with van der Waals surface area (Å²) in [5.74, 6) is -1.02. The molecule has 16 rings (SSSR count). The van der Waals surface area contributed by atoms with Gasteiger partial charge in [0.2, 0.25) is 0 Å². The third kappa shape index (κ3) is 10.6. The Balaban J connectivity index is 0.000000108. The average molecular weight is 1280 g/mol. The summed E-state index contributed by atoms with van der Waals surface area (Å²) >= 11 is 0. The minimum absolute atomic E-state index is 0.0339. The summed E-state index contributed by atoms with van der Waals surface area (Å²) in [7, 11) is -15.2. The fourth-order valence-electron chi connectivity index (χ4n) is 14.4. The van der Waals surface area contributed by atoms with Crippen LogP contribution < -0.4 is 20.6 Å². The van der Waals surface area contributed by atoms with Gasteiger partial charge in [0.15, 0.2) is 0 Å². The van der Waals surface area contributed by atoms with Crippen LogP contribution in [0.2, 0.25) is 0 Å². The van der Waals surface area contributed by atoms with E-state index in [1.54, 1.807) is 50.1 Å². The predicted molar refractivity (Wildman–Crippen MR) is 320 cm³/mol. The van der Waals surface area contributed by atoms with E-state index in [0.717, 1.165) is 84.5 Å². The van der Waals surface area contributed by atoms with Crippen LogP contribution in [0.1, 0.15) is 46.4 Å². The number of aromatic nitrogens is 8. The first-order valence-corrected chi connectivity index (χ1v) is 34.2. The highest BCUT2D eigenvalue weighted by atomic mass is 32.2. The smallest absolute Gasteiger partial charge is 0.277 e. The second-order valence-electron chi connectivity index (χ2n) is 23.2. The normalized spacial score (nSPS) is 27.8. The van der Waals surface area contributed by atoms with Gasteiger partial charge < -0.3 is 38.7 Å². The van der Waals surface area contributed by atoms with Gasteiger partial charge in [0, 0.05) is 98.3 Å². The molecule has 0 amide bonds. The molecule has 8 aliphatic rings. The maximum absolute atomic E-state index is 11.6. The van der Waals surface area contributed by atoms with Crippen LogP contribution in [0.4, 0.5) is 0 Å². The number of hydrogen-bond donors (Lipinski definition) is 8. The van der Waals surface area contributed by atoms with Crippen molar-refractivity contribution in [2.45, 2.75) is 48.6 Å². The second kappa shape index (κ2) is 22.5. The third-order valence-electron chi connectivity index (χ3n) is 18.3. The third-order valence-corrected chi connectivity index (χ3v) is 22.4. The number of imidazole rings is 4. The maximum Gasteiger partial charge on any atom is 0.277 e. The Morgan fingerprint density at radius 3 is 0.693 bits per heavy atom. The lowest BCUT2D eigenvalue weighted by molar-refractivity contribution is 0.126. The Labute approximate surface area is 507 Å². The quantitative estimate of drug-likeness (QED) is 0.0976. The lowest BCUT2D eigenvalue weighted by Crippen LogP contribution is -2.35. The van der Waals surface area contributed by atoms with Crippen molar-refractivity contribution >= 4 is 40.8 Å². The zero-order chi connectivity index (χ0) is 61.9. The van der Waals surface area contributed by atoms with Crippen molar-refractivity contribution in [1.82, 2.24) is 55.4 Å². The van der Waals surface area contributed by atoms with E-state index in [1.165, 1.54) is 0 Å². The molecule has 4 aromatic carbocycles. The van der Waals surface area contributed by atoms with E-state index < -0.39 is 65.3 Å². The molecular formula is C56H64N16O12S4. The molecule has 4 saturated heterocycles. The number of aliphatic hydroxyl groups excluding tert-OH is 4. The van der Waals surface area contributed by atoms with Crippen LogP contribution in [0, 0.1) is 23.7 Å². The van der Waals surface area contributed by atoms with Gasteiger partial charge in [-0.3, -0.25) is 0 Å². The highest BCUT2D eigenvalue weighted by molar-refractivity contribution is 7.87. The van der Waals surface area contributed by atoms with Crippen LogP contribution >= 0.6 is 0 Å². The van der Waals surface area contributed by atoms with Gasteiger partial charge in [0.25, 0.3) is 40.8 Å². The summed E-state index contributed by atoms with van der Waals surface area (Å²) in [6, 6.07) is 31.2. The maximum atomic E-state index is 11.6. The molecule has 0 unspecified atom stereocenters. The lowest BCUT2D eigenvalue weighted by Gasteiger charge is -2.24. The van der Waals surface area contributed by atoms with Crippen molar-refractivity contribution in [3.05, 3.63) is 169 Å². The molecule has 88 heavy (non-hydrogen) atoms. The number of benzene rings is 4. The van der Waals surface area contributed by atoms with E-state index in [0.29, 0.717) is 0 Å². The average Bonchev–Trinajstić information content (AvgIpc) is 1.76. The predicted octanol–water partition coefficient (Wildman–Crippen LogP) is -0.204. The summed E-state index contributed by atoms with van der Waals surface area (Å²) in [5.41, 5.74) is 12.6. The van der Waals surface area contributed by atoms with Gasteiger partial charge in [-0.1, -0.05) is 97.1 Å². The molecule has 4 fully saturated rings. The van der Waals surface area contributed by atoms with E-state index in [9.17, 15) is 54.1 Å². The van der Waals surface area contributed by atoms with Gasteiger partial charge in [-0.2, -0.15) is 50.9 Å². The first kappa shape index (κ1) is 60.0. The highest BCUT2D eigenvalue weighted by Gasteiger charge is 2.49. The SMILES string of the molecule is NS(=O)(=O)N1C[C@@H]([C@@H]2c3ccccc3-c3cncn32)[C@H](O)C1.NS(=O)(=O)N1C[C@@H]([C@H]2c3ccccc3-c3cncn32)[C@H](O)C1.NS(=O)(=O)N1C[C@H]([C@@H]2c3ccccc3-c3cncn32)[C@@H](O)C1.NS(=O)(=O)N1C[C@H]([C@H]2c3ccccc3-c3cncn32)[C@@H](O)C1. The van der Waals surface area contributed by atoms with E-state index in [2.05, 4.69) is 19.9 Å². The van der Waals surface area contributed by atoms with E-state index in [-0.39, 0.29) is 100 Å². The zero-order valence-corrected chi connectivity index (χ0v) is 50.1. The monoisotopic (exact) mass is 1280 g/mol. The van der Waals surface area contributed by atoms with Gasteiger partial charge in [-0.25, -0.2) is 40.5 Å². The van der Waals surface area contributed by atoms with Crippen LogP contribution in [-0.4, -0.2) is 186 Å². The van der Waals surface area contributed by atoms with Crippen molar-refractivity contribution in [2.24, 2.45) is 44.2 Å². The van der Waals surface area contributed by atoms with Crippen molar-refractivity contribution in [3.8, 4) is 45.0 Å². The molecule has 0 saturated carbocycles. The number of β-amino-alcohol motifs (C(OH)–C–C–N with tert-alkyl or cyclic N) is 4.